The summed E-state index contributed by atoms with van der Waals surface area (Å²) in [5.41, 5.74) is 5.80. The van der Waals surface area contributed by atoms with E-state index in [1.165, 1.54) is 22.9 Å². The highest BCUT2D eigenvalue weighted by Crippen LogP contribution is 2.30. The number of carbonyl (C=O) groups excluding carboxylic acids is 2. The van der Waals surface area contributed by atoms with Gasteiger partial charge in [0.1, 0.15) is 5.25 Å². The summed E-state index contributed by atoms with van der Waals surface area (Å²) in [4.78, 5) is 36.8. The van der Waals surface area contributed by atoms with Crippen LogP contribution >= 0.6 is 11.8 Å². The smallest absolute Gasteiger partial charge is 0.255 e. The molecule has 0 saturated carbocycles. The molecule has 3 heterocycles. The molecule has 2 unspecified atom stereocenters. The lowest BCUT2D eigenvalue weighted by Crippen LogP contribution is -2.36. The molecule has 0 bridgehead atoms. The number of benzene rings is 2. The second-order valence-electron chi connectivity index (χ2n) is 9.29. The van der Waals surface area contributed by atoms with Crippen LogP contribution in [0, 0.1) is 0 Å². The van der Waals surface area contributed by atoms with Crippen LogP contribution in [0.15, 0.2) is 72.0 Å². The lowest BCUT2D eigenvalue weighted by molar-refractivity contribution is -0.120. The summed E-state index contributed by atoms with van der Waals surface area (Å²) in [5.74, 6) is -0.225. The van der Waals surface area contributed by atoms with E-state index in [2.05, 4.69) is 44.7 Å². The first-order chi connectivity index (χ1) is 17.5. The highest BCUT2D eigenvalue weighted by atomic mass is 32.2. The zero-order chi connectivity index (χ0) is 25.1. The minimum atomic E-state index is -0.289. The van der Waals surface area contributed by atoms with E-state index >= 15 is 0 Å². The molecule has 0 spiro atoms. The fraction of sp³-hybridized carbons (Fsp3) is 0.286. The van der Waals surface area contributed by atoms with Crippen LogP contribution in [0.4, 0.5) is 5.69 Å². The minimum absolute atomic E-state index is 0.0609. The number of anilines is 1. The Labute approximate surface area is 215 Å². The lowest BCUT2D eigenvalue weighted by atomic mass is 9.99. The topological polar surface area (TPSA) is 86.7 Å². The number of aromatic nitrogens is 1. The summed E-state index contributed by atoms with van der Waals surface area (Å²) >= 11 is 1.48. The highest BCUT2D eigenvalue weighted by Gasteiger charge is 2.33. The van der Waals surface area contributed by atoms with E-state index in [4.69, 9.17) is 0 Å². The largest absolute Gasteiger partial charge is 0.351 e. The number of nitrogens with zero attached hydrogens (tertiary/aromatic N) is 3. The van der Waals surface area contributed by atoms with Crippen LogP contribution in [0.25, 0.3) is 0 Å². The van der Waals surface area contributed by atoms with Gasteiger partial charge in [-0.15, -0.1) is 0 Å². The molecule has 36 heavy (non-hydrogen) atoms. The minimum Gasteiger partial charge on any atom is -0.351 e. The molecule has 0 aliphatic carbocycles. The molecule has 2 atom stereocenters. The molecule has 8 heteroatoms. The summed E-state index contributed by atoms with van der Waals surface area (Å²) in [7, 11) is 2.11. The fourth-order valence-electron chi connectivity index (χ4n) is 4.50. The van der Waals surface area contributed by atoms with Crippen molar-refractivity contribution in [1.29, 1.82) is 0 Å². The molecule has 2 amide bonds. The molecule has 0 radical (unpaired) electrons. The number of amides is 2. The monoisotopic (exact) mass is 499 g/mol. The van der Waals surface area contributed by atoms with Crippen molar-refractivity contribution in [2.75, 3.05) is 18.9 Å². The predicted octanol–water partition coefficient (Wildman–Crippen LogP) is 3.89. The Morgan fingerprint density at radius 1 is 1.08 bits per heavy atom. The number of pyridine rings is 1. The van der Waals surface area contributed by atoms with E-state index in [0.717, 1.165) is 41.4 Å². The number of aliphatic imine (C=N–C) groups is 1. The zero-order valence-corrected chi connectivity index (χ0v) is 21.2. The Bertz CT molecular complexity index is 1310. The van der Waals surface area contributed by atoms with Gasteiger partial charge in [-0.1, -0.05) is 30.0 Å². The Balaban J connectivity index is 1.18. The molecular formula is C28H29N5O2S. The predicted molar refractivity (Wildman–Crippen MR) is 144 cm³/mol. The van der Waals surface area contributed by atoms with Crippen molar-refractivity contribution in [2.24, 2.45) is 4.99 Å². The average molecular weight is 500 g/mol. The van der Waals surface area contributed by atoms with Gasteiger partial charge in [-0.05, 0) is 73.5 Å². The van der Waals surface area contributed by atoms with E-state index in [-0.39, 0.29) is 23.1 Å². The van der Waals surface area contributed by atoms with Gasteiger partial charge in [-0.25, -0.2) is 0 Å². The van der Waals surface area contributed by atoms with Crippen molar-refractivity contribution < 1.29 is 9.59 Å². The molecule has 1 aromatic heterocycles. The second-order valence-corrected chi connectivity index (χ2v) is 10.4. The quantitative estimate of drug-likeness (QED) is 0.537. The van der Waals surface area contributed by atoms with E-state index < -0.39 is 0 Å². The van der Waals surface area contributed by atoms with E-state index in [9.17, 15) is 9.59 Å². The second kappa shape index (κ2) is 10.6. The van der Waals surface area contributed by atoms with E-state index in [1.807, 2.05) is 43.3 Å². The molecule has 7 nitrogen and oxygen atoms in total. The molecule has 2 aliphatic rings. The standard InChI is InChI=1S/C28H29N5O2S/c1-18-25(36-28(31-18)21-8-11-29-12-9-21)27(35)30-16-19-4-3-5-22(14-19)26(34)32-24-7-6-20-10-13-33(2)17-23(20)15-24/h3-9,11-12,14-15,18,25H,10,13,16-17H2,1-2H3,(H,30,35)(H,32,34). The highest BCUT2D eigenvalue weighted by molar-refractivity contribution is 8.15. The third kappa shape index (κ3) is 5.50. The molecule has 0 fully saturated rings. The van der Waals surface area contributed by atoms with Gasteiger partial charge in [-0.2, -0.15) is 0 Å². The maximum Gasteiger partial charge on any atom is 0.255 e. The number of hydrogen-bond donors (Lipinski definition) is 2. The number of fused-ring (bicyclic) bond motifs is 1. The van der Waals surface area contributed by atoms with E-state index in [1.54, 1.807) is 18.5 Å². The average Bonchev–Trinajstić information content (AvgIpc) is 3.29. The Morgan fingerprint density at radius 3 is 2.75 bits per heavy atom. The summed E-state index contributed by atoms with van der Waals surface area (Å²) in [5, 5.41) is 6.60. The fourth-order valence-corrected chi connectivity index (χ4v) is 5.69. The first-order valence-electron chi connectivity index (χ1n) is 12.1. The summed E-state index contributed by atoms with van der Waals surface area (Å²) in [6.45, 7) is 4.25. The molecule has 3 aromatic rings. The van der Waals surface area contributed by atoms with Gasteiger partial charge in [0.05, 0.1) is 11.1 Å². The molecule has 0 saturated heterocycles. The summed E-state index contributed by atoms with van der Waals surface area (Å²) < 4.78 is 0. The maximum atomic E-state index is 12.9. The van der Waals surface area contributed by atoms with Crippen LogP contribution in [0.1, 0.15) is 39.5 Å². The summed E-state index contributed by atoms with van der Waals surface area (Å²) in [6, 6.07) is 17.2. The van der Waals surface area contributed by atoms with Gasteiger partial charge in [0.15, 0.2) is 0 Å². The van der Waals surface area contributed by atoms with Crippen LogP contribution in [-0.2, 0) is 24.3 Å². The maximum absolute atomic E-state index is 12.9. The summed E-state index contributed by atoms with van der Waals surface area (Å²) in [6.07, 6.45) is 4.48. The van der Waals surface area contributed by atoms with Crippen LogP contribution < -0.4 is 10.6 Å². The lowest BCUT2D eigenvalue weighted by Gasteiger charge is -2.25. The van der Waals surface area contributed by atoms with Gasteiger partial charge in [0.2, 0.25) is 5.91 Å². The third-order valence-corrected chi connectivity index (χ3v) is 7.93. The number of nitrogens with one attached hydrogen (secondary N) is 2. The van der Waals surface area contributed by atoms with Crippen molar-refractivity contribution >= 4 is 34.3 Å². The zero-order valence-electron chi connectivity index (χ0n) is 20.4. The van der Waals surface area contributed by atoms with Gasteiger partial charge in [-0.3, -0.25) is 19.6 Å². The molecule has 2 N–H and O–H groups in total. The van der Waals surface area contributed by atoms with Gasteiger partial charge >= 0.3 is 0 Å². The van der Waals surface area contributed by atoms with Crippen LogP contribution in [0.2, 0.25) is 0 Å². The Hall–Kier alpha value is -3.49. The van der Waals surface area contributed by atoms with Crippen LogP contribution in [0.3, 0.4) is 0 Å². The molecule has 184 valence electrons. The van der Waals surface area contributed by atoms with Crippen LogP contribution in [-0.4, -0.2) is 51.6 Å². The van der Waals surface area contributed by atoms with Crippen molar-refractivity contribution in [3.8, 4) is 0 Å². The SMILES string of the molecule is CC1N=C(c2ccncc2)SC1C(=O)NCc1cccc(C(=O)Nc2ccc3c(c2)CN(C)CC3)c1. The number of thioether (sulfide) groups is 1. The normalized spacial score (nSPS) is 19.3. The Morgan fingerprint density at radius 2 is 1.92 bits per heavy atom. The molecule has 2 aliphatic heterocycles. The molecule has 5 rings (SSSR count). The van der Waals surface area contributed by atoms with Crippen molar-refractivity contribution in [2.45, 2.75) is 37.7 Å². The number of carbonyl (C=O) groups is 2. The van der Waals surface area contributed by atoms with Crippen molar-refractivity contribution in [1.82, 2.24) is 15.2 Å². The van der Waals surface area contributed by atoms with Crippen LogP contribution in [0.5, 0.6) is 0 Å². The molecule has 2 aromatic carbocycles. The van der Waals surface area contributed by atoms with Crippen molar-refractivity contribution in [3.05, 3.63) is 94.8 Å². The number of hydrogen-bond acceptors (Lipinski definition) is 6. The third-order valence-electron chi connectivity index (χ3n) is 6.51. The van der Waals surface area contributed by atoms with Gasteiger partial charge in [0.25, 0.3) is 5.91 Å². The van der Waals surface area contributed by atoms with Crippen molar-refractivity contribution in [3.63, 3.8) is 0 Å². The first kappa shape index (κ1) is 24.2. The Kier molecular flexibility index (Phi) is 7.16. The van der Waals surface area contributed by atoms with Gasteiger partial charge in [0, 0.05) is 48.8 Å². The number of rotatable bonds is 6. The van der Waals surface area contributed by atoms with E-state index in [0.29, 0.717) is 12.1 Å². The molecular weight excluding hydrogens is 470 g/mol. The number of likely N-dealkylation sites (N-methyl/N-ethyl adjacent to an activating group) is 1. The van der Waals surface area contributed by atoms with Gasteiger partial charge < -0.3 is 15.5 Å². The first-order valence-corrected chi connectivity index (χ1v) is 13.0.